The zero-order chi connectivity index (χ0) is 13.1. The molecule has 1 unspecified atom stereocenters. The van der Waals surface area contributed by atoms with Gasteiger partial charge in [0.2, 0.25) is 0 Å². The molecular weight excluding hydrogens is 226 g/mol. The molecular formula is C10H15N3O4. The molecule has 7 heteroatoms. The van der Waals surface area contributed by atoms with E-state index in [-0.39, 0.29) is 18.8 Å². The highest BCUT2D eigenvalue weighted by atomic mass is 16.6. The smallest absolute Gasteiger partial charge is 0.290 e. The Morgan fingerprint density at radius 3 is 2.71 bits per heavy atom. The van der Waals surface area contributed by atoms with E-state index in [4.69, 9.17) is 5.11 Å². The van der Waals surface area contributed by atoms with Crippen molar-refractivity contribution < 1.29 is 15.1 Å². The summed E-state index contributed by atoms with van der Waals surface area (Å²) in [5, 5.41) is 31.8. The average molecular weight is 241 g/mol. The largest absolute Gasteiger partial charge is 0.393 e. The highest BCUT2D eigenvalue weighted by molar-refractivity contribution is 5.44. The van der Waals surface area contributed by atoms with Gasteiger partial charge in [-0.2, -0.15) is 0 Å². The van der Waals surface area contributed by atoms with Gasteiger partial charge in [-0.1, -0.05) is 0 Å². The van der Waals surface area contributed by atoms with Gasteiger partial charge in [0, 0.05) is 12.6 Å². The Morgan fingerprint density at radius 2 is 2.24 bits per heavy atom. The van der Waals surface area contributed by atoms with Crippen LogP contribution < -0.4 is 5.32 Å². The van der Waals surface area contributed by atoms with Crippen LogP contribution in [0.5, 0.6) is 0 Å². The van der Waals surface area contributed by atoms with Gasteiger partial charge in [-0.15, -0.1) is 0 Å². The maximum absolute atomic E-state index is 10.6. The first kappa shape index (κ1) is 13.3. The Hall–Kier alpha value is -1.73. The van der Waals surface area contributed by atoms with Gasteiger partial charge in [0.1, 0.15) is 17.1 Å². The van der Waals surface area contributed by atoms with Crippen molar-refractivity contribution in [2.45, 2.75) is 19.4 Å². The molecule has 0 amide bonds. The maximum atomic E-state index is 10.6. The SMILES string of the molecule is Cc1nc(NCC(C)(O)CO)ccc1[N+](=O)[O-]. The third-order valence-corrected chi connectivity index (χ3v) is 2.25. The molecule has 17 heavy (non-hydrogen) atoms. The van der Waals surface area contributed by atoms with Gasteiger partial charge in [-0.05, 0) is 19.9 Å². The predicted octanol–water partition coefficient (Wildman–Crippen LogP) is 0.453. The molecule has 1 rings (SSSR count). The fraction of sp³-hybridized carbons (Fsp3) is 0.500. The van der Waals surface area contributed by atoms with Crippen LogP contribution in [-0.2, 0) is 0 Å². The van der Waals surface area contributed by atoms with Crippen LogP contribution >= 0.6 is 0 Å². The van der Waals surface area contributed by atoms with E-state index in [1.165, 1.54) is 26.0 Å². The van der Waals surface area contributed by atoms with Crippen LogP contribution in [0.3, 0.4) is 0 Å². The summed E-state index contributed by atoms with van der Waals surface area (Å²) in [6.07, 6.45) is 0. The van der Waals surface area contributed by atoms with Crippen LogP contribution in [0.15, 0.2) is 12.1 Å². The van der Waals surface area contributed by atoms with Crippen LogP contribution in [0, 0.1) is 17.0 Å². The van der Waals surface area contributed by atoms with Crippen molar-refractivity contribution in [1.82, 2.24) is 4.98 Å². The number of pyridine rings is 1. The molecule has 0 spiro atoms. The second-order valence-electron chi connectivity index (χ2n) is 4.07. The van der Waals surface area contributed by atoms with Crippen LogP contribution in [0.1, 0.15) is 12.6 Å². The molecule has 0 aromatic carbocycles. The summed E-state index contributed by atoms with van der Waals surface area (Å²) in [5.74, 6) is 0.418. The van der Waals surface area contributed by atoms with Crippen LogP contribution in [-0.4, -0.2) is 38.9 Å². The molecule has 0 radical (unpaired) electrons. The van der Waals surface area contributed by atoms with Gasteiger partial charge in [0.05, 0.1) is 11.5 Å². The van der Waals surface area contributed by atoms with Gasteiger partial charge in [-0.25, -0.2) is 4.98 Å². The molecule has 0 fully saturated rings. The molecule has 1 aromatic heterocycles. The quantitative estimate of drug-likeness (QED) is 0.510. The van der Waals surface area contributed by atoms with Gasteiger partial charge < -0.3 is 15.5 Å². The normalized spacial score (nSPS) is 14.1. The molecule has 0 aliphatic rings. The van der Waals surface area contributed by atoms with Crippen LogP contribution in [0.25, 0.3) is 0 Å². The lowest BCUT2D eigenvalue weighted by Gasteiger charge is -2.20. The van der Waals surface area contributed by atoms with Crippen molar-refractivity contribution >= 4 is 11.5 Å². The molecule has 0 bridgehead atoms. The first-order valence-corrected chi connectivity index (χ1v) is 5.05. The summed E-state index contributed by atoms with van der Waals surface area (Å²) in [7, 11) is 0. The number of aromatic nitrogens is 1. The molecule has 94 valence electrons. The standard InChI is InChI=1S/C10H15N3O4/c1-7-8(13(16)17)3-4-9(12-7)11-5-10(2,15)6-14/h3-4,14-15H,5-6H2,1-2H3,(H,11,12). The number of rotatable bonds is 5. The molecule has 1 atom stereocenters. The predicted molar refractivity (Wildman–Crippen MR) is 61.8 cm³/mol. The first-order chi connectivity index (χ1) is 7.85. The van der Waals surface area contributed by atoms with Gasteiger partial charge in [-0.3, -0.25) is 10.1 Å². The first-order valence-electron chi connectivity index (χ1n) is 5.05. The number of anilines is 1. The van der Waals surface area contributed by atoms with Gasteiger partial charge in [0.15, 0.2) is 0 Å². The van der Waals surface area contributed by atoms with E-state index in [0.29, 0.717) is 11.5 Å². The Labute approximate surface area is 98.3 Å². The van der Waals surface area contributed by atoms with Crippen LogP contribution in [0.2, 0.25) is 0 Å². The second-order valence-corrected chi connectivity index (χ2v) is 4.07. The topological polar surface area (TPSA) is 109 Å². The Morgan fingerprint density at radius 1 is 1.59 bits per heavy atom. The van der Waals surface area contributed by atoms with Crippen LogP contribution in [0.4, 0.5) is 11.5 Å². The lowest BCUT2D eigenvalue weighted by Crippen LogP contribution is -2.37. The number of hydrogen-bond donors (Lipinski definition) is 3. The minimum absolute atomic E-state index is 0.0514. The summed E-state index contributed by atoms with van der Waals surface area (Å²) < 4.78 is 0. The molecule has 0 aliphatic heterocycles. The summed E-state index contributed by atoms with van der Waals surface area (Å²) in [6.45, 7) is 2.73. The van der Waals surface area contributed by atoms with E-state index in [1.54, 1.807) is 0 Å². The highest BCUT2D eigenvalue weighted by Gasteiger charge is 2.19. The van der Waals surface area contributed by atoms with E-state index in [1.807, 2.05) is 0 Å². The fourth-order valence-electron chi connectivity index (χ4n) is 1.18. The van der Waals surface area contributed by atoms with Gasteiger partial charge in [0.25, 0.3) is 5.69 Å². The zero-order valence-corrected chi connectivity index (χ0v) is 9.67. The zero-order valence-electron chi connectivity index (χ0n) is 9.67. The lowest BCUT2D eigenvalue weighted by atomic mass is 10.1. The lowest BCUT2D eigenvalue weighted by molar-refractivity contribution is -0.385. The van der Waals surface area contributed by atoms with Crippen molar-refractivity contribution in [3.63, 3.8) is 0 Å². The minimum Gasteiger partial charge on any atom is -0.393 e. The third-order valence-electron chi connectivity index (χ3n) is 2.25. The molecule has 0 aliphatic carbocycles. The second kappa shape index (κ2) is 5.07. The van der Waals surface area contributed by atoms with Crippen molar-refractivity contribution in [2.75, 3.05) is 18.5 Å². The van der Waals surface area contributed by atoms with E-state index < -0.39 is 10.5 Å². The molecule has 1 heterocycles. The van der Waals surface area contributed by atoms with E-state index in [9.17, 15) is 15.2 Å². The van der Waals surface area contributed by atoms with Crippen molar-refractivity contribution in [3.8, 4) is 0 Å². The monoisotopic (exact) mass is 241 g/mol. The summed E-state index contributed by atoms with van der Waals surface area (Å²) >= 11 is 0. The number of nitrogens with one attached hydrogen (secondary N) is 1. The summed E-state index contributed by atoms with van der Waals surface area (Å²) in [5.41, 5.74) is -1.01. The number of aliphatic hydroxyl groups is 2. The van der Waals surface area contributed by atoms with Crippen molar-refractivity contribution in [3.05, 3.63) is 27.9 Å². The van der Waals surface area contributed by atoms with Gasteiger partial charge >= 0.3 is 0 Å². The Balaban J connectivity index is 2.75. The molecule has 1 aromatic rings. The minimum atomic E-state index is -1.25. The Bertz CT molecular complexity index is 420. The molecule has 0 saturated heterocycles. The fourth-order valence-corrected chi connectivity index (χ4v) is 1.18. The average Bonchev–Trinajstić information content (AvgIpc) is 2.26. The summed E-state index contributed by atoms with van der Waals surface area (Å²) in [6, 6.07) is 2.80. The van der Waals surface area contributed by atoms with E-state index in [0.717, 1.165) is 0 Å². The molecule has 0 saturated carbocycles. The number of hydrogen-bond acceptors (Lipinski definition) is 6. The number of nitrogens with zero attached hydrogens (tertiary/aromatic N) is 2. The van der Waals surface area contributed by atoms with Crippen molar-refractivity contribution in [2.24, 2.45) is 0 Å². The molecule has 7 nitrogen and oxygen atoms in total. The Kier molecular flexibility index (Phi) is 3.97. The summed E-state index contributed by atoms with van der Waals surface area (Å²) in [4.78, 5) is 14.1. The number of aliphatic hydroxyl groups excluding tert-OH is 1. The number of aryl methyl sites for hydroxylation is 1. The number of nitro groups is 1. The van der Waals surface area contributed by atoms with E-state index in [2.05, 4.69) is 10.3 Å². The van der Waals surface area contributed by atoms with Crippen molar-refractivity contribution in [1.29, 1.82) is 0 Å². The maximum Gasteiger partial charge on any atom is 0.290 e. The van der Waals surface area contributed by atoms with E-state index >= 15 is 0 Å². The highest BCUT2D eigenvalue weighted by Crippen LogP contribution is 2.18. The third kappa shape index (κ3) is 3.65. The molecule has 3 N–H and O–H groups in total.